The summed E-state index contributed by atoms with van der Waals surface area (Å²) >= 11 is 0. The van der Waals surface area contributed by atoms with E-state index in [2.05, 4.69) is 12.1 Å². The highest BCUT2D eigenvalue weighted by Crippen LogP contribution is 2.20. The van der Waals surface area contributed by atoms with E-state index in [9.17, 15) is 8.78 Å². The monoisotopic (exact) mass is 226 g/mol. The first-order valence-corrected chi connectivity index (χ1v) is 6.00. The van der Waals surface area contributed by atoms with Gasteiger partial charge in [-0.25, -0.2) is 8.78 Å². The third-order valence-electron chi connectivity index (χ3n) is 2.67. The third-order valence-corrected chi connectivity index (χ3v) is 2.67. The maximum atomic E-state index is 12.5. The number of rotatable bonds is 7. The van der Waals surface area contributed by atoms with Gasteiger partial charge in [0.15, 0.2) is 0 Å². The highest BCUT2D eigenvalue weighted by Gasteiger charge is 2.19. The number of alkyl halides is 2. The quantitative estimate of drug-likeness (QED) is 0.584. The van der Waals surface area contributed by atoms with Crippen LogP contribution in [0.5, 0.6) is 0 Å². The molecule has 0 nitrogen and oxygen atoms in total. The van der Waals surface area contributed by atoms with Crippen molar-refractivity contribution in [3.63, 3.8) is 0 Å². The number of hydrogen-bond acceptors (Lipinski definition) is 0. The Bertz CT molecular complexity index is 275. The van der Waals surface area contributed by atoms with Crippen LogP contribution in [0.1, 0.15) is 44.6 Å². The fourth-order valence-corrected chi connectivity index (χ4v) is 1.76. The molecule has 0 spiro atoms. The molecule has 0 aliphatic heterocycles. The Kier molecular flexibility index (Phi) is 5.44. The first-order chi connectivity index (χ1) is 7.58. The van der Waals surface area contributed by atoms with E-state index < -0.39 is 5.92 Å². The van der Waals surface area contributed by atoms with Gasteiger partial charge in [-0.3, -0.25) is 0 Å². The zero-order valence-corrected chi connectivity index (χ0v) is 9.89. The molecule has 1 aromatic rings. The lowest BCUT2D eigenvalue weighted by molar-refractivity contribution is 0.0104. The number of hydrogen-bond donors (Lipinski definition) is 0. The molecule has 16 heavy (non-hydrogen) atoms. The van der Waals surface area contributed by atoms with Gasteiger partial charge in [-0.2, -0.15) is 0 Å². The summed E-state index contributed by atoms with van der Waals surface area (Å²) in [7, 11) is 0. The standard InChI is InChI=1S/C14H20F2/c1-14(15,16)12-8-3-2-5-9-13-10-6-4-7-11-13/h4,6-7,10-11H,2-3,5,8-9,12H2,1H3. The Balaban J connectivity index is 2.01. The average Bonchev–Trinajstić information content (AvgIpc) is 2.23. The molecule has 2 heteroatoms. The summed E-state index contributed by atoms with van der Waals surface area (Å²) in [6.45, 7) is 0.997. The lowest BCUT2D eigenvalue weighted by Crippen LogP contribution is -2.08. The van der Waals surface area contributed by atoms with Crippen molar-refractivity contribution in [2.45, 2.75) is 51.4 Å². The minimum atomic E-state index is -2.49. The molecule has 0 radical (unpaired) electrons. The Morgan fingerprint density at radius 2 is 1.56 bits per heavy atom. The highest BCUT2D eigenvalue weighted by atomic mass is 19.3. The second-order valence-corrected chi connectivity index (χ2v) is 4.47. The smallest absolute Gasteiger partial charge is 0.207 e. The van der Waals surface area contributed by atoms with E-state index in [-0.39, 0.29) is 6.42 Å². The molecule has 90 valence electrons. The molecule has 0 fully saturated rings. The summed E-state index contributed by atoms with van der Waals surface area (Å²) in [6.07, 6.45) is 4.78. The molecule has 0 saturated heterocycles. The average molecular weight is 226 g/mol. The summed E-state index contributed by atoms with van der Waals surface area (Å²) < 4.78 is 25.0. The minimum absolute atomic E-state index is 0.0261. The van der Waals surface area contributed by atoms with Crippen molar-refractivity contribution >= 4 is 0 Å². The van der Waals surface area contributed by atoms with E-state index in [4.69, 9.17) is 0 Å². The van der Waals surface area contributed by atoms with Crippen molar-refractivity contribution < 1.29 is 8.78 Å². The summed E-state index contributed by atoms with van der Waals surface area (Å²) in [5, 5.41) is 0. The summed E-state index contributed by atoms with van der Waals surface area (Å²) in [4.78, 5) is 0. The van der Waals surface area contributed by atoms with Crippen molar-refractivity contribution in [1.29, 1.82) is 0 Å². The first-order valence-electron chi connectivity index (χ1n) is 6.00. The van der Waals surface area contributed by atoms with E-state index >= 15 is 0 Å². The highest BCUT2D eigenvalue weighted by molar-refractivity contribution is 5.14. The molecule has 1 aromatic carbocycles. The van der Waals surface area contributed by atoms with E-state index in [1.807, 2.05) is 18.2 Å². The van der Waals surface area contributed by atoms with Crippen molar-refractivity contribution in [2.75, 3.05) is 0 Å². The van der Waals surface area contributed by atoms with E-state index in [1.165, 1.54) is 5.56 Å². The van der Waals surface area contributed by atoms with Gasteiger partial charge >= 0.3 is 0 Å². The summed E-state index contributed by atoms with van der Waals surface area (Å²) in [6, 6.07) is 10.3. The molecule has 0 aromatic heterocycles. The van der Waals surface area contributed by atoms with Crippen LogP contribution < -0.4 is 0 Å². The van der Waals surface area contributed by atoms with Gasteiger partial charge in [0.2, 0.25) is 5.92 Å². The minimum Gasteiger partial charge on any atom is -0.207 e. The van der Waals surface area contributed by atoms with Crippen LogP contribution in [0.15, 0.2) is 30.3 Å². The first kappa shape index (κ1) is 13.1. The van der Waals surface area contributed by atoms with E-state index in [0.717, 1.165) is 32.6 Å². The van der Waals surface area contributed by atoms with Gasteiger partial charge in [-0.05, 0) is 31.7 Å². The number of benzene rings is 1. The molecule has 0 saturated carbocycles. The topological polar surface area (TPSA) is 0 Å². The fraction of sp³-hybridized carbons (Fsp3) is 0.571. The van der Waals surface area contributed by atoms with E-state index in [0.29, 0.717) is 6.42 Å². The van der Waals surface area contributed by atoms with Crippen LogP contribution in [-0.2, 0) is 6.42 Å². The van der Waals surface area contributed by atoms with Crippen LogP contribution in [0.3, 0.4) is 0 Å². The van der Waals surface area contributed by atoms with Crippen molar-refractivity contribution in [2.24, 2.45) is 0 Å². The Morgan fingerprint density at radius 1 is 0.938 bits per heavy atom. The van der Waals surface area contributed by atoms with Crippen LogP contribution in [0.25, 0.3) is 0 Å². The van der Waals surface area contributed by atoms with Crippen LogP contribution in [0.4, 0.5) is 8.78 Å². The van der Waals surface area contributed by atoms with Crippen LogP contribution in [0, 0.1) is 0 Å². The molecule has 0 aliphatic carbocycles. The molecule has 0 unspecified atom stereocenters. The number of halogens is 2. The molecular formula is C14H20F2. The number of unbranched alkanes of at least 4 members (excludes halogenated alkanes) is 3. The fourth-order valence-electron chi connectivity index (χ4n) is 1.76. The van der Waals surface area contributed by atoms with Crippen LogP contribution in [0.2, 0.25) is 0 Å². The third kappa shape index (κ3) is 6.54. The van der Waals surface area contributed by atoms with Crippen LogP contribution >= 0.6 is 0 Å². The zero-order valence-electron chi connectivity index (χ0n) is 9.89. The van der Waals surface area contributed by atoms with Crippen LogP contribution in [-0.4, -0.2) is 5.92 Å². The second-order valence-electron chi connectivity index (χ2n) is 4.47. The van der Waals surface area contributed by atoms with Gasteiger partial charge in [-0.15, -0.1) is 0 Å². The Morgan fingerprint density at radius 3 is 2.19 bits per heavy atom. The molecule has 0 heterocycles. The van der Waals surface area contributed by atoms with Crippen molar-refractivity contribution in [3.8, 4) is 0 Å². The predicted molar refractivity (Wildman–Crippen MR) is 63.9 cm³/mol. The SMILES string of the molecule is CC(F)(F)CCCCCCc1ccccc1. The molecule has 1 rings (SSSR count). The Labute approximate surface area is 96.7 Å². The summed E-state index contributed by atoms with van der Waals surface area (Å²) in [5.74, 6) is -2.49. The molecule has 0 amide bonds. The molecular weight excluding hydrogens is 206 g/mol. The lowest BCUT2D eigenvalue weighted by atomic mass is 10.0. The maximum absolute atomic E-state index is 12.5. The summed E-state index contributed by atoms with van der Waals surface area (Å²) in [5.41, 5.74) is 1.34. The molecule has 0 atom stereocenters. The van der Waals surface area contributed by atoms with Gasteiger partial charge in [0.05, 0.1) is 0 Å². The van der Waals surface area contributed by atoms with E-state index in [1.54, 1.807) is 0 Å². The van der Waals surface area contributed by atoms with Gasteiger partial charge in [0.25, 0.3) is 0 Å². The largest absolute Gasteiger partial charge is 0.245 e. The number of aryl methyl sites for hydroxylation is 1. The zero-order chi connectivity index (χ0) is 11.9. The van der Waals surface area contributed by atoms with Gasteiger partial charge in [-0.1, -0.05) is 43.2 Å². The predicted octanol–water partition coefficient (Wildman–Crippen LogP) is 4.83. The second kappa shape index (κ2) is 6.62. The molecule has 0 bridgehead atoms. The lowest BCUT2D eigenvalue weighted by Gasteiger charge is -2.09. The molecule has 0 N–H and O–H groups in total. The Hall–Kier alpha value is -0.920. The van der Waals surface area contributed by atoms with Gasteiger partial charge < -0.3 is 0 Å². The van der Waals surface area contributed by atoms with Gasteiger partial charge in [0, 0.05) is 6.42 Å². The van der Waals surface area contributed by atoms with Crippen molar-refractivity contribution in [3.05, 3.63) is 35.9 Å². The normalized spacial score (nSPS) is 11.7. The maximum Gasteiger partial charge on any atom is 0.245 e. The molecule has 0 aliphatic rings. The van der Waals surface area contributed by atoms with Gasteiger partial charge in [0.1, 0.15) is 0 Å². The van der Waals surface area contributed by atoms with Crippen molar-refractivity contribution in [1.82, 2.24) is 0 Å².